The van der Waals surface area contributed by atoms with Crippen LogP contribution in [0.3, 0.4) is 0 Å². The summed E-state index contributed by atoms with van der Waals surface area (Å²) >= 11 is 0. The minimum Gasteiger partial charge on any atom is -0.477 e. The summed E-state index contributed by atoms with van der Waals surface area (Å²) in [6.45, 7) is 2.42. The molecule has 104 valence electrons. The van der Waals surface area contributed by atoms with Gasteiger partial charge in [-0.15, -0.1) is 0 Å². The first-order valence-electron chi connectivity index (χ1n) is 6.27. The highest BCUT2D eigenvalue weighted by molar-refractivity contribution is 5.86. The molecule has 0 fully saturated rings. The lowest BCUT2D eigenvalue weighted by Crippen LogP contribution is -2.28. The van der Waals surface area contributed by atoms with Crippen LogP contribution in [0.2, 0.25) is 0 Å². The number of nitrogens with one attached hydrogen (secondary N) is 1. The molecule has 0 saturated heterocycles. The summed E-state index contributed by atoms with van der Waals surface area (Å²) in [6.07, 6.45) is 1.58. The monoisotopic (exact) mass is 272 g/mol. The number of hydrogen-bond acceptors (Lipinski definition) is 2. The Labute approximate surface area is 116 Å². The number of benzene rings is 1. The lowest BCUT2D eigenvalue weighted by Gasteiger charge is -2.09. The predicted octanol–water partition coefficient (Wildman–Crippen LogP) is 1.81. The molecule has 2 aromatic rings. The maximum Gasteiger partial charge on any atom is 0.352 e. The second-order valence-corrected chi connectivity index (χ2v) is 4.53. The van der Waals surface area contributed by atoms with Crippen molar-refractivity contribution >= 4 is 11.9 Å². The zero-order chi connectivity index (χ0) is 14.5. The average molecular weight is 272 g/mol. The molecule has 0 radical (unpaired) electrons. The van der Waals surface area contributed by atoms with Crippen molar-refractivity contribution < 1.29 is 14.7 Å². The molecule has 0 spiro atoms. The Morgan fingerprint density at radius 2 is 1.95 bits per heavy atom. The van der Waals surface area contributed by atoms with Gasteiger partial charge in [0.1, 0.15) is 12.2 Å². The molecule has 2 N–H and O–H groups in total. The largest absolute Gasteiger partial charge is 0.477 e. The van der Waals surface area contributed by atoms with E-state index in [-0.39, 0.29) is 18.1 Å². The van der Waals surface area contributed by atoms with Crippen LogP contribution in [0.4, 0.5) is 0 Å². The molecular formula is C15H16N2O3. The maximum atomic E-state index is 11.8. The number of aromatic carboxylic acids is 1. The van der Waals surface area contributed by atoms with Crippen LogP contribution >= 0.6 is 0 Å². The van der Waals surface area contributed by atoms with Gasteiger partial charge in [-0.2, -0.15) is 0 Å². The van der Waals surface area contributed by atoms with E-state index in [1.807, 2.05) is 31.2 Å². The molecule has 20 heavy (non-hydrogen) atoms. The molecule has 0 bridgehead atoms. The number of amides is 1. The first kappa shape index (κ1) is 13.9. The number of hydrogen-bond donors (Lipinski definition) is 2. The number of carboxylic acid groups (broad SMARTS) is 1. The zero-order valence-electron chi connectivity index (χ0n) is 11.2. The van der Waals surface area contributed by atoms with Crippen LogP contribution in [-0.2, 0) is 17.9 Å². The van der Waals surface area contributed by atoms with Crippen molar-refractivity contribution in [3.63, 3.8) is 0 Å². The standard InChI is InChI=1S/C15H16N2O3/c1-11-5-2-3-6-12(11)9-16-14(18)10-17-8-4-7-13(17)15(19)20/h2-8H,9-10H2,1H3,(H,16,18)(H,19,20). The number of carbonyl (C=O) groups is 2. The highest BCUT2D eigenvalue weighted by Gasteiger charge is 2.11. The summed E-state index contributed by atoms with van der Waals surface area (Å²) in [7, 11) is 0. The van der Waals surface area contributed by atoms with Gasteiger partial charge in [-0.3, -0.25) is 4.79 Å². The molecule has 1 aromatic heterocycles. The molecule has 0 aliphatic carbocycles. The number of carboxylic acids is 1. The second kappa shape index (κ2) is 6.06. The fraction of sp³-hybridized carbons (Fsp3) is 0.200. The van der Waals surface area contributed by atoms with E-state index in [9.17, 15) is 9.59 Å². The third-order valence-corrected chi connectivity index (χ3v) is 3.10. The Morgan fingerprint density at radius 1 is 1.20 bits per heavy atom. The van der Waals surface area contributed by atoms with E-state index >= 15 is 0 Å². The van der Waals surface area contributed by atoms with Crippen molar-refractivity contribution in [3.05, 3.63) is 59.4 Å². The molecule has 0 aliphatic heterocycles. The van der Waals surface area contributed by atoms with Crippen LogP contribution < -0.4 is 5.32 Å². The van der Waals surface area contributed by atoms with Gasteiger partial charge in [-0.05, 0) is 30.2 Å². The Morgan fingerprint density at radius 3 is 2.65 bits per heavy atom. The predicted molar refractivity (Wildman–Crippen MR) is 74.4 cm³/mol. The topological polar surface area (TPSA) is 71.3 Å². The normalized spacial score (nSPS) is 10.2. The first-order chi connectivity index (χ1) is 9.58. The van der Waals surface area contributed by atoms with Crippen molar-refractivity contribution in [2.24, 2.45) is 0 Å². The van der Waals surface area contributed by atoms with Crippen molar-refractivity contribution in [3.8, 4) is 0 Å². The summed E-state index contributed by atoms with van der Waals surface area (Å²) in [5, 5.41) is 11.8. The number of aromatic nitrogens is 1. The molecule has 5 heteroatoms. The molecule has 0 saturated carbocycles. The SMILES string of the molecule is Cc1ccccc1CNC(=O)Cn1cccc1C(=O)O. The Balaban J connectivity index is 1.95. The molecule has 1 aromatic carbocycles. The van der Waals surface area contributed by atoms with E-state index < -0.39 is 5.97 Å². The van der Waals surface area contributed by atoms with E-state index in [1.165, 1.54) is 10.6 Å². The smallest absolute Gasteiger partial charge is 0.352 e. The van der Waals surface area contributed by atoms with Gasteiger partial charge in [0.15, 0.2) is 0 Å². The molecule has 0 atom stereocenters. The third-order valence-electron chi connectivity index (χ3n) is 3.10. The Hall–Kier alpha value is -2.56. The van der Waals surface area contributed by atoms with Gasteiger partial charge in [0.25, 0.3) is 0 Å². The minimum atomic E-state index is -1.04. The molecule has 2 rings (SSSR count). The number of aryl methyl sites for hydroxylation is 1. The summed E-state index contributed by atoms with van der Waals surface area (Å²) in [5.74, 6) is -1.26. The van der Waals surface area contributed by atoms with Crippen molar-refractivity contribution in [2.45, 2.75) is 20.0 Å². The highest BCUT2D eigenvalue weighted by atomic mass is 16.4. The number of nitrogens with zero attached hydrogens (tertiary/aromatic N) is 1. The van der Waals surface area contributed by atoms with E-state index in [4.69, 9.17) is 5.11 Å². The average Bonchev–Trinajstić information content (AvgIpc) is 2.86. The lowest BCUT2D eigenvalue weighted by molar-refractivity contribution is -0.121. The van der Waals surface area contributed by atoms with Crippen LogP contribution in [0, 0.1) is 6.92 Å². The molecular weight excluding hydrogens is 256 g/mol. The molecule has 5 nitrogen and oxygen atoms in total. The maximum absolute atomic E-state index is 11.8. The summed E-state index contributed by atoms with van der Waals surface area (Å²) < 4.78 is 1.41. The number of carbonyl (C=O) groups excluding carboxylic acids is 1. The Kier molecular flexibility index (Phi) is 4.20. The molecule has 1 heterocycles. The van der Waals surface area contributed by atoms with E-state index in [0.717, 1.165) is 11.1 Å². The molecule has 0 unspecified atom stereocenters. The van der Waals surface area contributed by atoms with Gasteiger partial charge in [-0.25, -0.2) is 4.79 Å². The quantitative estimate of drug-likeness (QED) is 0.872. The second-order valence-electron chi connectivity index (χ2n) is 4.53. The fourth-order valence-electron chi connectivity index (χ4n) is 1.96. The molecule has 1 amide bonds. The Bertz CT molecular complexity index is 632. The van der Waals surface area contributed by atoms with Gasteiger partial charge in [-0.1, -0.05) is 24.3 Å². The van der Waals surface area contributed by atoms with Gasteiger partial charge in [0.05, 0.1) is 0 Å². The van der Waals surface area contributed by atoms with Gasteiger partial charge in [0, 0.05) is 12.7 Å². The van der Waals surface area contributed by atoms with Crippen LogP contribution in [0.15, 0.2) is 42.6 Å². The van der Waals surface area contributed by atoms with Crippen molar-refractivity contribution in [1.29, 1.82) is 0 Å². The van der Waals surface area contributed by atoms with E-state index in [0.29, 0.717) is 6.54 Å². The first-order valence-corrected chi connectivity index (χ1v) is 6.27. The summed E-state index contributed by atoms with van der Waals surface area (Å²) in [6, 6.07) is 10.9. The molecule has 0 aliphatic rings. The van der Waals surface area contributed by atoms with Gasteiger partial charge < -0.3 is 15.0 Å². The zero-order valence-corrected chi connectivity index (χ0v) is 11.2. The van der Waals surface area contributed by atoms with E-state index in [1.54, 1.807) is 12.3 Å². The van der Waals surface area contributed by atoms with Crippen molar-refractivity contribution in [1.82, 2.24) is 9.88 Å². The van der Waals surface area contributed by atoms with Crippen molar-refractivity contribution in [2.75, 3.05) is 0 Å². The van der Waals surface area contributed by atoms with Crippen LogP contribution in [0.5, 0.6) is 0 Å². The highest BCUT2D eigenvalue weighted by Crippen LogP contribution is 2.06. The minimum absolute atomic E-state index is 0.000510. The summed E-state index contributed by atoms with van der Waals surface area (Å²) in [4.78, 5) is 22.8. The fourth-order valence-corrected chi connectivity index (χ4v) is 1.96. The summed E-state index contributed by atoms with van der Waals surface area (Å²) in [5.41, 5.74) is 2.27. The van der Waals surface area contributed by atoms with Gasteiger partial charge >= 0.3 is 5.97 Å². The van der Waals surface area contributed by atoms with Gasteiger partial charge in [0.2, 0.25) is 5.91 Å². The van der Waals surface area contributed by atoms with Crippen LogP contribution in [0.25, 0.3) is 0 Å². The van der Waals surface area contributed by atoms with E-state index in [2.05, 4.69) is 5.32 Å². The van der Waals surface area contributed by atoms with Crippen LogP contribution in [0.1, 0.15) is 21.6 Å². The number of rotatable bonds is 5. The van der Waals surface area contributed by atoms with Crippen LogP contribution in [-0.4, -0.2) is 21.6 Å². The lowest BCUT2D eigenvalue weighted by atomic mass is 10.1. The third kappa shape index (κ3) is 3.26.